The Morgan fingerprint density at radius 3 is 2.88 bits per heavy atom. The number of hydrogen-bond acceptors (Lipinski definition) is 6. The van der Waals surface area contributed by atoms with Crippen LogP contribution in [0.2, 0.25) is 5.02 Å². The lowest BCUT2D eigenvalue weighted by Gasteiger charge is -2.05. The summed E-state index contributed by atoms with van der Waals surface area (Å²) in [5.41, 5.74) is 3.27. The molecule has 7 heteroatoms. The Morgan fingerprint density at radius 1 is 1.47 bits per heavy atom. The average molecular weight is 271 g/mol. The van der Waals surface area contributed by atoms with E-state index in [1.807, 2.05) is 11.4 Å². The van der Waals surface area contributed by atoms with Crippen molar-refractivity contribution in [3.8, 4) is 10.7 Å². The topological polar surface area (TPSA) is 73.1 Å². The lowest BCUT2D eigenvalue weighted by atomic mass is 10.3. The van der Waals surface area contributed by atoms with Crippen molar-refractivity contribution in [2.75, 3.05) is 12.5 Å². The number of nitrogens with one attached hydrogen (secondary N) is 1. The third-order valence-electron chi connectivity index (χ3n) is 2.01. The zero-order chi connectivity index (χ0) is 12.3. The van der Waals surface area contributed by atoms with Crippen LogP contribution in [-0.2, 0) is 11.3 Å². The Kier molecular flexibility index (Phi) is 3.90. The Labute approximate surface area is 108 Å². The fraction of sp³-hybridized carbons (Fsp3) is 0.200. The van der Waals surface area contributed by atoms with Gasteiger partial charge in [-0.25, -0.2) is 15.8 Å². The molecule has 0 aliphatic carbocycles. The van der Waals surface area contributed by atoms with E-state index in [0.717, 1.165) is 10.6 Å². The number of hydrogen-bond donors (Lipinski definition) is 2. The standard InChI is InChI=1S/C10H11ClN4OS/c1-16-4-7-3-9(15-12)14-10(13-7)8-2-6(11)5-17-8/h2-3,5H,4,12H2,1H3,(H,13,14,15). The van der Waals surface area contributed by atoms with Gasteiger partial charge < -0.3 is 10.2 Å². The second kappa shape index (κ2) is 5.42. The van der Waals surface area contributed by atoms with Gasteiger partial charge in [0.15, 0.2) is 5.82 Å². The number of rotatable bonds is 4. The highest BCUT2D eigenvalue weighted by Crippen LogP contribution is 2.28. The van der Waals surface area contributed by atoms with Gasteiger partial charge in [-0.15, -0.1) is 11.3 Å². The van der Waals surface area contributed by atoms with Crippen LogP contribution in [0.25, 0.3) is 10.7 Å². The molecule has 0 aliphatic rings. The lowest BCUT2D eigenvalue weighted by Crippen LogP contribution is -2.10. The molecule has 17 heavy (non-hydrogen) atoms. The average Bonchev–Trinajstić information content (AvgIpc) is 2.76. The normalized spacial score (nSPS) is 10.5. The maximum Gasteiger partial charge on any atom is 0.172 e. The Bertz CT molecular complexity index is 517. The molecule has 2 rings (SSSR count). The molecule has 0 spiro atoms. The van der Waals surface area contributed by atoms with E-state index in [1.165, 1.54) is 11.3 Å². The molecule has 0 saturated heterocycles. The van der Waals surface area contributed by atoms with Gasteiger partial charge in [-0.2, -0.15) is 0 Å². The minimum atomic E-state index is 0.406. The summed E-state index contributed by atoms with van der Waals surface area (Å²) in [7, 11) is 1.61. The van der Waals surface area contributed by atoms with Crippen molar-refractivity contribution < 1.29 is 4.74 Å². The molecule has 5 nitrogen and oxygen atoms in total. The van der Waals surface area contributed by atoms with Gasteiger partial charge in [0.05, 0.1) is 22.2 Å². The van der Waals surface area contributed by atoms with Crippen molar-refractivity contribution in [1.29, 1.82) is 0 Å². The van der Waals surface area contributed by atoms with E-state index >= 15 is 0 Å². The molecule has 0 saturated carbocycles. The van der Waals surface area contributed by atoms with Crippen molar-refractivity contribution >= 4 is 28.8 Å². The van der Waals surface area contributed by atoms with Crippen LogP contribution in [0.4, 0.5) is 5.82 Å². The van der Waals surface area contributed by atoms with Crippen LogP contribution in [0.1, 0.15) is 5.69 Å². The maximum atomic E-state index is 5.87. The van der Waals surface area contributed by atoms with E-state index in [1.54, 1.807) is 13.2 Å². The molecule has 0 amide bonds. The molecule has 0 unspecified atom stereocenters. The van der Waals surface area contributed by atoms with Crippen LogP contribution < -0.4 is 11.3 Å². The molecule has 0 aromatic carbocycles. The monoisotopic (exact) mass is 270 g/mol. The van der Waals surface area contributed by atoms with Crippen molar-refractivity contribution in [3.05, 3.63) is 28.2 Å². The Balaban J connectivity index is 2.42. The summed E-state index contributed by atoms with van der Waals surface area (Å²) < 4.78 is 5.04. The minimum Gasteiger partial charge on any atom is -0.378 e. The molecule has 0 atom stereocenters. The third-order valence-corrected chi connectivity index (χ3v) is 3.28. The molecule has 2 heterocycles. The van der Waals surface area contributed by atoms with Gasteiger partial charge in [-0.3, -0.25) is 0 Å². The van der Waals surface area contributed by atoms with Crippen molar-refractivity contribution in [3.63, 3.8) is 0 Å². The summed E-state index contributed by atoms with van der Waals surface area (Å²) in [4.78, 5) is 9.53. The first-order chi connectivity index (χ1) is 8.22. The number of anilines is 1. The first-order valence-electron chi connectivity index (χ1n) is 4.81. The second-order valence-corrected chi connectivity index (χ2v) is 4.62. The van der Waals surface area contributed by atoms with Crippen molar-refractivity contribution in [2.45, 2.75) is 6.61 Å². The molecule has 90 valence electrons. The van der Waals surface area contributed by atoms with Crippen LogP contribution in [0.5, 0.6) is 0 Å². The van der Waals surface area contributed by atoms with E-state index < -0.39 is 0 Å². The summed E-state index contributed by atoms with van der Waals surface area (Å²) in [5.74, 6) is 6.50. The summed E-state index contributed by atoms with van der Waals surface area (Å²) in [6.07, 6.45) is 0. The Hall–Kier alpha value is -1.21. The molecule has 2 aromatic rings. The second-order valence-electron chi connectivity index (χ2n) is 3.27. The smallest absolute Gasteiger partial charge is 0.172 e. The quantitative estimate of drug-likeness (QED) is 0.659. The number of nitrogens with two attached hydrogens (primary N) is 1. The highest BCUT2D eigenvalue weighted by Gasteiger charge is 2.08. The van der Waals surface area contributed by atoms with Gasteiger partial charge in [0.1, 0.15) is 5.82 Å². The number of nitrogen functional groups attached to an aromatic ring is 1. The molecule has 0 fully saturated rings. The summed E-state index contributed by atoms with van der Waals surface area (Å²) >= 11 is 7.36. The van der Waals surface area contributed by atoms with Gasteiger partial charge in [-0.1, -0.05) is 11.6 Å². The highest BCUT2D eigenvalue weighted by molar-refractivity contribution is 7.14. The van der Waals surface area contributed by atoms with Crippen molar-refractivity contribution in [1.82, 2.24) is 9.97 Å². The number of halogens is 1. The molecular weight excluding hydrogens is 260 g/mol. The fourth-order valence-electron chi connectivity index (χ4n) is 1.33. The molecular formula is C10H11ClN4OS. The predicted octanol–water partition coefficient (Wildman–Crippen LogP) is 2.29. The highest BCUT2D eigenvalue weighted by atomic mass is 35.5. The first-order valence-corrected chi connectivity index (χ1v) is 6.06. The number of aromatic nitrogens is 2. The summed E-state index contributed by atoms with van der Waals surface area (Å²) in [6.45, 7) is 0.406. The molecule has 0 aliphatic heterocycles. The molecule has 0 radical (unpaired) electrons. The van der Waals surface area contributed by atoms with Crippen molar-refractivity contribution in [2.24, 2.45) is 5.84 Å². The van der Waals surface area contributed by atoms with Crippen LogP contribution in [0, 0.1) is 0 Å². The van der Waals surface area contributed by atoms with E-state index in [0.29, 0.717) is 23.3 Å². The number of hydrazine groups is 1. The molecule has 3 N–H and O–H groups in total. The van der Waals surface area contributed by atoms with Crippen LogP contribution >= 0.6 is 22.9 Å². The SMILES string of the molecule is COCc1cc(NN)nc(-c2cc(Cl)cs2)n1. The van der Waals surface area contributed by atoms with Gasteiger partial charge in [0.2, 0.25) is 0 Å². The Morgan fingerprint density at radius 2 is 2.29 bits per heavy atom. The van der Waals surface area contributed by atoms with E-state index in [2.05, 4.69) is 15.4 Å². The van der Waals surface area contributed by atoms with Gasteiger partial charge in [0, 0.05) is 18.6 Å². The number of methoxy groups -OCH3 is 1. The maximum absolute atomic E-state index is 5.87. The summed E-state index contributed by atoms with van der Waals surface area (Å²) in [5, 5.41) is 2.51. The first kappa shape index (κ1) is 12.3. The number of thiophene rings is 1. The van der Waals surface area contributed by atoms with Gasteiger partial charge in [0.25, 0.3) is 0 Å². The van der Waals surface area contributed by atoms with Crippen LogP contribution in [0.15, 0.2) is 17.5 Å². The number of ether oxygens (including phenoxy) is 1. The molecule has 0 bridgehead atoms. The largest absolute Gasteiger partial charge is 0.378 e. The fourth-order valence-corrected chi connectivity index (χ4v) is 2.34. The van der Waals surface area contributed by atoms with Gasteiger partial charge in [-0.05, 0) is 6.07 Å². The zero-order valence-electron chi connectivity index (χ0n) is 9.11. The van der Waals surface area contributed by atoms with E-state index in [-0.39, 0.29) is 0 Å². The van der Waals surface area contributed by atoms with E-state index in [9.17, 15) is 0 Å². The minimum absolute atomic E-state index is 0.406. The van der Waals surface area contributed by atoms with Crippen LogP contribution in [0.3, 0.4) is 0 Å². The van der Waals surface area contributed by atoms with E-state index in [4.69, 9.17) is 22.2 Å². The predicted molar refractivity (Wildman–Crippen MR) is 68.9 cm³/mol. The summed E-state index contributed by atoms with van der Waals surface area (Å²) in [6, 6.07) is 3.56. The third kappa shape index (κ3) is 2.92. The number of nitrogens with zero attached hydrogens (tertiary/aromatic N) is 2. The van der Waals surface area contributed by atoms with Gasteiger partial charge >= 0.3 is 0 Å². The molecule has 2 aromatic heterocycles. The van der Waals surface area contributed by atoms with Crippen LogP contribution in [-0.4, -0.2) is 17.1 Å². The lowest BCUT2D eigenvalue weighted by molar-refractivity contribution is 0.181. The zero-order valence-corrected chi connectivity index (χ0v) is 10.7.